The molecule has 1 atom stereocenters. The molecule has 0 saturated carbocycles. The van der Waals surface area contributed by atoms with Gasteiger partial charge in [-0.05, 0) is 55.2 Å². The zero-order valence-electron chi connectivity index (χ0n) is 27.5. The second-order valence-electron chi connectivity index (χ2n) is 11.9. The lowest BCUT2D eigenvalue weighted by atomic mass is 10.0. The third-order valence-corrected chi connectivity index (χ3v) is 7.63. The number of para-hydroxylation sites is 1. The molecule has 0 fully saturated rings. The summed E-state index contributed by atoms with van der Waals surface area (Å²) in [4.78, 5) is 25.5. The van der Waals surface area contributed by atoms with Gasteiger partial charge in [0.15, 0.2) is 5.82 Å². The Morgan fingerprint density at radius 3 is 2.14 bits per heavy atom. The number of rotatable bonds is 12. The maximum atomic E-state index is 13.3. The van der Waals surface area contributed by atoms with Gasteiger partial charge >= 0.3 is 12.1 Å². The van der Waals surface area contributed by atoms with Gasteiger partial charge in [-0.25, -0.2) is 4.79 Å². The minimum absolute atomic E-state index is 0.268. The second kappa shape index (κ2) is 15.7. The van der Waals surface area contributed by atoms with Crippen molar-refractivity contribution in [1.82, 2.24) is 25.1 Å². The number of fused-ring (bicyclic) bond motifs is 1. The molecular formula is C35H39F3N6O5. The molecule has 0 saturated heterocycles. The quantitative estimate of drug-likeness (QED) is 0.137. The highest BCUT2D eigenvalue weighted by Crippen LogP contribution is 2.28. The fourth-order valence-electron chi connectivity index (χ4n) is 5.08. The van der Waals surface area contributed by atoms with Crippen LogP contribution in [0, 0.1) is 0 Å². The van der Waals surface area contributed by atoms with E-state index in [1.165, 1.54) is 5.56 Å². The number of hydrogen-bond acceptors (Lipinski definition) is 7. The topological polar surface area (TPSA) is 157 Å². The monoisotopic (exact) mass is 680 g/mol. The number of methoxy groups -OCH3 is 2. The molecule has 5 rings (SSSR count). The first-order valence-corrected chi connectivity index (χ1v) is 15.3. The van der Waals surface area contributed by atoms with E-state index in [2.05, 4.69) is 38.2 Å². The lowest BCUT2D eigenvalue weighted by Gasteiger charge is -2.25. The zero-order valence-corrected chi connectivity index (χ0v) is 27.5. The standard InChI is InChI=1S/C33H38N6O3.C2HF3O2/c1-33(2,34)32(40)36-29(18-24-20-35-28-13-9-8-12-27(24)28)31-38-37-30(15-14-22-10-6-5-7-11-22)39(31)21-23-16-25(41-3)19-26(17-23)42-4;3-2(4,5)1(6)7/h5-13,16-17,19-20,29,35H,14-15,18,21,34H2,1-4H3,(H,36,40);(H,6,7)/t29-;/m1./s1. The maximum absolute atomic E-state index is 13.3. The summed E-state index contributed by atoms with van der Waals surface area (Å²) in [6.45, 7) is 3.86. The number of ether oxygens (including phenoxy) is 2. The number of aryl methyl sites for hydroxylation is 2. The summed E-state index contributed by atoms with van der Waals surface area (Å²) in [5.74, 6) is -0.163. The van der Waals surface area contributed by atoms with Gasteiger partial charge in [0.05, 0.1) is 32.3 Å². The first-order valence-electron chi connectivity index (χ1n) is 15.3. The van der Waals surface area contributed by atoms with Gasteiger partial charge in [0.1, 0.15) is 17.3 Å². The van der Waals surface area contributed by atoms with E-state index in [-0.39, 0.29) is 5.91 Å². The fraction of sp³-hybridized carbons (Fsp3) is 0.314. The number of alkyl halides is 3. The summed E-state index contributed by atoms with van der Waals surface area (Å²) in [6.07, 6.45) is -1.12. The molecule has 2 aromatic heterocycles. The number of aromatic amines is 1. The highest BCUT2D eigenvalue weighted by Gasteiger charge is 2.38. The van der Waals surface area contributed by atoms with Crippen molar-refractivity contribution in [3.8, 4) is 11.5 Å². The first kappa shape index (κ1) is 36.5. The Kier molecular flexibility index (Phi) is 11.7. The van der Waals surface area contributed by atoms with Crippen LogP contribution in [0.3, 0.4) is 0 Å². The first-order chi connectivity index (χ1) is 23.2. The fourth-order valence-corrected chi connectivity index (χ4v) is 5.08. The minimum Gasteiger partial charge on any atom is -0.497 e. The van der Waals surface area contributed by atoms with E-state index in [9.17, 15) is 18.0 Å². The average molecular weight is 681 g/mol. The molecule has 0 aliphatic rings. The number of aromatic nitrogens is 4. The van der Waals surface area contributed by atoms with Crippen molar-refractivity contribution in [2.24, 2.45) is 5.73 Å². The Hall–Kier alpha value is -5.37. The van der Waals surface area contributed by atoms with Gasteiger partial charge in [0, 0.05) is 36.0 Å². The van der Waals surface area contributed by atoms with Crippen molar-refractivity contribution in [3.63, 3.8) is 0 Å². The Bertz CT molecular complexity index is 1840. The third-order valence-electron chi connectivity index (χ3n) is 7.63. The molecule has 260 valence electrons. The summed E-state index contributed by atoms with van der Waals surface area (Å²) in [7, 11) is 3.27. The number of aliphatic carboxylic acids is 1. The number of hydrogen-bond donors (Lipinski definition) is 4. The number of nitrogens with one attached hydrogen (secondary N) is 2. The molecule has 0 aliphatic carbocycles. The number of nitrogens with zero attached hydrogens (tertiary/aromatic N) is 3. The van der Waals surface area contributed by atoms with Crippen LogP contribution < -0.4 is 20.5 Å². The molecule has 5 aromatic rings. The molecule has 0 spiro atoms. The van der Waals surface area contributed by atoms with Crippen LogP contribution in [0.5, 0.6) is 11.5 Å². The summed E-state index contributed by atoms with van der Waals surface area (Å²) in [5, 5.41) is 20.7. The van der Waals surface area contributed by atoms with Crippen molar-refractivity contribution in [1.29, 1.82) is 0 Å². The predicted molar refractivity (Wildman–Crippen MR) is 177 cm³/mol. The number of H-pyrrole nitrogens is 1. The lowest BCUT2D eigenvalue weighted by Crippen LogP contribution is -2.50. The van der Waals surface area contributed by atoms with Gasteiger partial charge in [-0.2, -0.15) is 13.2 Å². The predicted octanol–water partition coefficient (Wildman–Crippen LogP) is 5.38. The molecule has 0 aliphatic heterocycles. The Morgan fingerprint density at radius 1 is 0.939 bits per heavy atom. The number of nitrogens with two attached hydrogens (primary N) is 1. The molecule has 5 N–H and O–H groups in total. The maximum Gasteiger partial charge on any atom is 0.490 e. The van der Waals surface area contributed by atoms with Gasteiger partial charge in [0.25, 0.3) is 0 Å². The second-order valence-corrected chi connectivity index (χ2v) is 11.9. The van der Waals surface area contributed by atoms with Crippen molar-refractivity contribution in [2.75, 3.05) is 14.2 Å². The van der Waals surface area contributed by atoms with Crippen LogP contribution in [0.15, 0.2) is 79.0 Å². The Balaban J connectivity index is 0.000000698. The number of carboxylic acids is 1. The molecular weight excluding hydrogens is 641 g/mol. The number of carboxylic acid groups (broad SMARTS) is 1. The van der Waals surface area contributed by atoms with E-state index in [1.807, 2.05) is 60.8 Å². The number of amides is 1. The van der Waals surface area contributed by atoms with Gasteiger partial charge in [0.2, 0.25) is 5.91 Å². The van der Waals surface area contributed by atoms with Crippen LogP contribution in [-0.2, 0) is 35.4 Å². The van der Waals surface area contributed by atoms with E-state index in [4.69, 9.17) is 30.2 Å². The summed E-state index contributed by atoms with van der Waals surface area (Å²) < 4.78 is 44.9. The van der Waals surface area contributed by atoms with Gasteiger partial charge in [-0.1, -0.05) is 48.5 Å². The molecule has 11 nitrogen and oxygen atoms in total. The number of halogens is 3. The molecule has 0 radical (unpaired) electrons. The third kappa shape index (κ3) is 9.83. The Morgan fingerprint density at radius 2 is 1.55 bits per heavy atom. The van der Waals surface area contributed by atoms with Crippen LogP contribution in [0.4, 0.5) is 13.2 Å². The van der Waals surface area contributed by atoms with E-state index in [1.54, 1.807) is 28.1 Å². The Labute approximate surface area is 281 Å². The van der Waals surface area contributed by atoms with Gasteiger partial charge in [-0.3, -0.25) is 4.79 Å². The largest absolute Gasteiger partial charge is 0.497 e. The van der Waals surface area contributed by atoms with Crippen molar-refractivity contribution in [2.45, 2.75) is 57.4 Å². The van der Waals surface area contributed by atoms with Crippen molar-refractivity contribution >= 4 is 22.8 Å². The van der Waals surface area contributed by atoms with E-state index >= 15 is 0 Å². The molecule has 0 bridgehead atoms. The summed E-state index contributed by atoms with van der Waals surface area (Å²) >= 11 is 0. The van der Waals surface area contributed by atoms with Crippen LogP contribution in [-0.4, -0.2) is 62.7 Å². The van der Waals surface area contributed by atoms with Crippen molar-refractivity contribution < 1.29 is 37.3 Å². The van der Waals surface area contributed by atoms with Gasteiger partial charge < -0.3 is 35.2 Å². The van der Waals surface area contributed by atoms with E-state index in [0.29, 0.717) is 36.7 Å². The smallest absolute Gasteiger partial charge is 0.490 e. The molecule has 2 heterocycles. The average Bonchev–Trinajstić information content (AvgIpc) is 3.66. The summed E-state index contributed by atoms with van der Waals surface area (Å²) in [6, 6.07) is 23.7. The van der Waals surface area contributed by atoms with E-state index in [0.717, 1.165) is 34.3 Å². The number of benzene rings is 3. The molecule has 3 aromatic carbocycles. The molecule has 49 heavy (non-hydrogen) atoms. The highest BCUT2D eigenvalue weighted by molar-refractivity contribution is 5.86. The zero-order chi connectivity index (χ0) is 35.8. The minimum atomic E-state index is -5.08. The van der Waals surface area contributed by atoms with Crippen LogP contribution >= 0.6 is 0 Å². The SMILES string of the molecule is COc1cc(Cn2c(CCc3ccccc3)nnc2[C@@H](Cc2c[nH]c3ccccc23)NC(=O)C(C)(C)N)cc(OC)c1.O=C(O)C(F)(F)F. The molecule has 14 heteroatoms. The lowest BCUT2D eigenvalue weighted by molar-refractivity contribution is -0.192. The van der Waals surface area contributed by atoms with Crippen LogP contribution in [0.2, 0.25) is 0 Å². The van der Waals surface area contributed by atoms with Crippen molar-refractivity contribution in [3.05, 3.63) is 107 Å². The number of carbonyl (C=O) groups excluding carboxylic acids is 1. The van der Waals surface area contributed by atoms with Gasteiger partial charge in [-0.15, -0.1) is 10.2 Å². The van der Waals surface area contributed by atoms with Crippen LogP contribution in [0.25, 0.3) is 10.9 Å². The summed E-state index contributed by atoms with van der Waals surface area (Å²) in [5.41, 5.74) is 9.43. The molecule has 1 amide bonds. The number of carbonyl (C=O) groups is 2. The van der Waals surface area contributed by atoms with Crippen LogP contribution in [0.1, 0.15) is 48.2 Å². The normalized spacial score (nSPS) is 12.2. The molecule has 0 unspecified atom stereocenters. The highest BCUT2D eigenvalue weighted by atomic mass is 19.4. The van der Waals surface area contributed by atoms with E-state index < -0.39 is 23.7 Å².